The highest BCUT2D eigenvalue weighted by Crippen LogP contribution is 2.28. The molecule has 2 rings (SSSR count). The Balaban J connectivity index is 1.92. The van der Waals surface area contributed by atoms with E-state index in [0.29, 0.717) is 17.1 Å². The number of hydrogen-bond donors (Lipinski definition) is 1. The van der Waals surface area contributed by atoms with Crippen LogP contribution in [0.5, 0.6) is 11.5 Å². The number of methoxy groups -OCH3 is 1. The third-order valence-electron chi connectivity index (χ3n) is 3.38. The number of amides is 2. The molecule has 2 aromatic carbocycles. The first-order valence-corrected chi connectivity index (χ1v) is 8.03. The molecule has 0 radical (unpaired) electrons. The Morgan fingerprint density at radius 1 is 1.04 bits per heavy atom. The summed E-state index contributed by atoms with van der Waals surface area (Å²) in [6.45, 7) is 3.25. The van der Waals surface area contributed by atoms with Crippen molar-refractivity contribution in [2.24, 2.45) is 0 Å². The molecule has 0 atom stereocenters. The number of carbonyl (C=O) groups is 3. The Bertz CT molecular complexity index is 832. The minimum absolute atomic E-state index is 0.181. The second-order valence-corrected chi connectivity index (χ2v) is 5.28. The monoisotopic (exact) mass is 369 g/mol. The van der Waals surface area contributed by atoms with Gasteiger partial charge in [0.2, 0.25) is 0 Å². The average molecular weight is 369 g/mol. The third kappa shape index (κ3) is 5.71. The second-order valence-electron chi connectivity index (χ2n) is 5.28. The van der Waals surface area contributed by atoms with Crippen molar-refractivity contribution < 1.29 is 28.6 Å². The molecule has 0 saturated heterocycles. The van der Waals surface area contributed by atoms with Crippen molar-refractivity contribution >= 4 is 17.8 Å². The average Bonchev–Trinajstić information content (AvgIpc) is 2.70. The lowest BCUT2D eigenvalue weighted by Gasteiger charge is -2.11. The zero-order chi connectivity index (χ0) is 19.6. The van der Waals surface area contributed by atoms with Crippen LogP contribution < -0.4 is 14.8 Å². The van der Waals surface area contributed by atoms with E-state index >= 15 is 0 Å². The van der Waals surface area contributed by atoms with E-state index < -0.39 is 24.4 Å². The lowest BCUT2D eigenvalue weighted by atomic mass is 10.2. The van der Waals surface area contributed by atoms with Gasteiger partial charge in [0.05, 0.1) is 12.7 Å². The molecule has 2 amide bonds. The highest BCUT2D eigenvalue weighted by atomic mass is 16.5. The van der Waals surface area contributed by atoms with Gasteiger partial charge >= 0.3 is 5.97 Å². The van der Waals surface area contributed by atoms with Gasteiger partial charge in [0.1, 0.15) is 6.61 Å². The summed E-state index contributed by atoms with van der Waals surface area (Å²) < 4.78 is 15.5. The number of hydrogen-bond acceptors (Lipinski definition) is 6. The molecule has 0 aliphatic carbocycles. The van der Waals surface area contributed by atoms with Crippen molar-refractivity contribution in [3.8, 4) is 11.5 Å². The summed E-state index contributed by atoms with van der Waals surface area (Å²) in [5, 5.41) is 2.15. The topological polar surface area (TPSA) is 90.9 Å². The summed E-state index contributed by atoms with van der Waals surface area (Å²) in [4.78, 5) is 35.8. The Morgan fingerprint density at radius 3 is 2.44 bits per heavy atom. The first kappa shape index (κ1) is 19.7. The van der Waals surface area contributed by atoms with Crippen LogP contribution in [0.2, 0.25) is 0 Å². The van der Waals surface area contributed by atoms with Crippen LogP contribution in [0.4, 0.5) is 0 Å². The smallest absolute Gasteiger partial charge is 0.338 e. The summed E-state index contributed by atoms with van der Waals surface area (Å²) >= 11 is 0. The van der Waals surface area contributed by atoms with Crippen LogP contribution in [0.3, 0.4) is 0 Å². The standard InChI is InChI=1S/C20H19NO6/c1-3-11-26-16-10-9-15(12-17(16)25-2)20(24)27-13-18(22)21-19(23)14-7-5-4-6-8-14/h3-10,12H,1,11,13H2,2H3,(H,21,22,23). The molecule has 0 saturated carbocycles. The highest BCUT2D eigenvalue weighted by molar-refractivity contribution is 6.05. The molecule has 0 spiro atoms. The molecule has 0 aliphatic rings. The molecule has 7 heteroatoms. The van der Waals surface area contributed by atoms with Crippen LogP contribution in [-0.4, -0.2) is 38.1 Å². The molecule has 7 nitrogen and oxygen atoms in total. The predicted octanol–water partition coefficient (Wildman–Crippen LogP) is 2.37. The van der Waals surface area contributed by atoms with Crippen LogP contribution in [0.25, 0.3) is 0 Å². The largest absolute Gasteiger partial charge is 0.493 e. The molecule has 0 aliphatic heterocycles. The maximum atomic E-state index is 12.1. The van der Waals surface area contributed by atoms with Gasteiger partial charge in [-0.3, -0.25) is 14.9 Å². The second kappa shape index (κ2) is 9.76. The zero-order valence-corrected chi connectivity index (χ0v) is 14.8. The molecule has 27 heavy (non-hydrogen) atoms. The zero-order valence-electron chi connectivity index (χ0n) is 14.8. The number of rotatable bonds is 8. The van der Waals surface area contributed by atoms with Crippen molar-refractivity contribution in [2.45, 2.75) is 0 Å². The molecule has 0 fully saturated rings. The van der Waals surface area contributed by atoms with Gasteiger partial charge in [0, 0.05) is 5.56 Å². The summed E-state index contributed by atoms with van der Waals surface area (Å²) in [6.07, 6.45) is 1.58. The number of imide groups is 1. The fraction of sp³-hybridized carbons (Fsp3) is 0.150. The third-order valence-corrected chi connectivity index (χ3v) is 3.38. The first-order chi connectivity index (χ1) is 13.0. The molecule has 0 bridgehead atoms. The number of nitrogens with one attached hydrogen (secondary N) is 1. The maximum Gasteiger partial charge on any atom is 0.338 e. The van der Waals surface area contributed by atoms with Crippen molar-refractivity contribution in [1.29, 1.82) is 0 Å². The molecule has 0 unspecified atom stereocenters. The van der Waals surface area contributed by atoms with Gasteiger partial charge in [-0.25, -0.2) is 4.79 Å². The SMILES string of the molecule is C=CCOc1ccc(C(=O)OCC(=O)NC(=O)c2ccccc2)cc1OC. The summed E-state index contributed by atoms with van der Waals surface area (Å²) in [7, 11) is 1.44. The van der Waals surface area contributed by atoms with Crippen molar-refractivity contribution in [1.82, 2.24) is 5.32 Å². The van der Waals surface area contributed by atoms with Crippen molar-refractivity contribution in [3.63, 3.8) is 0 Å². The Hall–Kier alpha value is -3.61. The normalized spacial score (nSPS) is 9.81. The van der Waals surface area contributed by atoms with Gasteiger partial charge in [-0.15, -0.1) is 0 Å². The van der Waals surface area contributed by atoms with Crippen LogP contribution in [-0.2, 0) is 9.53 Å². The summed E-state index contributed by atoms with van der Waals surface area (Å²) in [6, 6.07) is 12.7. The Kier molecular flexibility index (Phi) is 7.13. The Morgan fingerprint density at radius 2 is 1.78 bits per heavy atom. The van der Waals surface area contributed by atoms with Gasteiger partial charge in [-0.05, 0) is 30.3 Å². The highest BCUT2D eigenvalue weighted by Gasteiger charge is 2.15. The van der Waals surface area contributed by atoms with E-state index in [1.165, 1.54) is 19.2 Å². The molecular formula is C20H19NO6. The fourth-order valence-electron chi connectivity index (χ4n) is 2.10. The molecule has 0 aromatic heterocycles. The fourth-order valence-corrected chi connectivity index (χ4v) is 2.10. The van der Waals surface area contributed by atoms with Crippen LogP contribution in [0.15, 0.2) is 61.2 Å². The number of benzene rings is 2. The summed E-state index contributed by atoms with van der Waals surface area (Å²) in [5.41, 5.74) is 0.511. The minimum Gasteiger partial charge on any atom is -0.493 e. The molecule has 140 valence electrons. The van der Waals surface area contributed by atoms with Crippen molar-refractivity contribution in [2.75, 3.05) is 20.3 Å². The van der Waals surface area contributed by atoms with Crippen LogP contribution in [0, 0.1) is 0 Å². The van der Waals surface area contributed by atoms with Gasteiger partial charge in [-0.1, -0.05) is 30.9 Å². The van der Waals surface area contributed by atoms with E-state index in [1.54, 1.807) is 42.5 Å². The van der Waals surface area contributed by atoms with E-state index in [2.05, 4.69) is 11.9 Å². The molecule has 0 heterocycles. The minimum atomic E-state index is -0.731. The number of ether oxygens (including phenoxy) is 3. The number of esters is 1. The number of carbonyl (C=O) groups excluding carboxylic acids is 3. The van der Waals surface area contributed by atoms with E-state index in [-0.39, 0.29) is 12.2 Å². The molecule has 1 N–H and O–H groups in total. The lowest BCUT2D eigenvalue weighted by Crippen LogP contribution is -2.34. The molecular weight excluding hydrogens is 350 g/mol. The Labute approximate surface area is 156 Å². The van der Waals surface area contributed by atoms with Gasteiger partial charge in [-0.2, -0.15) is 0 Å². The predicted molar refractivity (Wildman–Crippen MR) is 97.9 cm³/mol. The van der Waals surface area contributed by atoms with Gasteiger partial charge < -0.3 is 14.2 Å². The molecule has 2 aromatic rings. The van der Waals surface area contributed by atoms with Crippen LogP contribution >= 0.6 is 0 Å². The lowest BCUT2D eigenvalue weighted by molar-refractivity contribution is -0.123. The van der Waals surface area contributed by atoms with E-state index in [0.717, 1.165) is 0 Å². The van der Waals surface area contributed by atoms with Gasteiger partial charge in [0.25, 0.3) is 11.8 Å². The van der Waals surface area contributed by atoms with Crippen molar-refractivity contribution in [3.05, 3.63) is 72.3 Å². The summed E-state index contributed by atoms with van der Waals surface area (Å²) in [5.74, 6) is -1.24. The quantitative estimate of drug-likeness (QED) is 0.567. The first-order valence-electron chi connectivity index (χ1n) is 8.03. The van der Waals surface area contributed by atoms with Gasteiger partial charge in [0.15, 0.2) is 18.1 Å². The van der Waals surface area contributed by atoms with E-state index in [9.17, 15) is 14.4 Å². The van der Waals surface area contributed by atoms with E-state index in [1.807, 2.05) is 0 Å². The van der Waals surface area contributed by atoms with E-state index in [4.69, 9.17) is 14.2 Å². The maximum absolute atomic E-state index is 12.1. The van der Waals surface area contributed by atoms with Crippen LogP contribution in [0.1, 0.15) is 20.7 Å².